The quantitative estimate of drug-likeness (QED) is 0.315. The van der Waals surface area contributed by atoms with E-state index in [-0.39, 0.29) is 28.9 Å². The van der Waals surface area contributed by atoms with Gasteiger partial charge in [-0.1, -0.05) is 55.7 Å². The summed E-state index contributed by atoms with van der Waals surface area (Å²) >= 11 is 0. The van der Waals surface area contributed by atoms with Gasteiger partial charge in [-0.3, -0.25) is 4.79 Å². The third-order valence-corrected chi connectivity index (χ3v) is 4.49. The Morgan fingerprint density at radius 1 is 0.885 bits per heavy atom. The summed E-state index contributed by atoms with van der Waals surface area (Å²) in [5, 5.41) is 0. The fourth-order valence-electron chi connectivity index (χ4n) is 2.86. The van der Waals surface area contributed by atoms with Gasteiger partial charge in [-0.25, -0.2) is 4.57 Å². The summed E-state index contributed by atoms with van der Waals surface area (Å²) in [5.41, 5.74) is 1.02. The second kappa shape index (κ2) is 13.5. The molecule has 0 amide bonds. The predicted molar refractivity (Wildman–Crippen MR) is 100 cm³/mol. The van der Waals surface area contributed by atoms with Gasteiger partial charge in [-0.05, 0) is 25.3 Å². The smallest absolute Gasteiger partial charge is 0.313 e. The fourth-order valence-corrected chi connectivity index (χ4v) is 2.86. The Kier molecular flexibility index (Phi) is 11.6. The van der Waals surface area contributed by atoms with Crippen LogP contribution in [-0.2, 0) is 16.1 Å². The third kappa shape index (κ3) is 8.61. The molecule has 0 spiro atoms. The topological polar surface area (TPSA) is 30.2 Å². The lowest BCUT2D eigenvalue weighted by molar-refractivity contribution is -0.697. The molecule has 4 heteroatoms. The molecule has 1 atom stereocenters. The van der Waals surface area contributed by atoms with Gasteiger partial charge in [0.05, 0.1) is 12.5 Å². The van der Waals surface area contributed by atoms with Crippen molar-refractivity contribution in [2.45, 2.75) is 57.9 Å². The monoisotopic (exact) mass is 419 g/mol. The SMILES string of the molecule is C[C@H](C(=O)OCCCCCCCC[n+]1ccccc1)c1ccccc1.[Br-]. The van der Waals surface area contributed by atoms with Crippen LogP contribution in [0.3, 0.4) is 0 Å². The van der Waals surface area contributed by atoms with Crippen molar-refractivity contribution < 1.29 is 31.1 Å². The largest absolute Gasteiger partial charge is 1.00 e. The second-order valence-electron chi connectivity index (χ2n) is 6.53. The minimum absolute atomic E-state index is 0. The molecule has 0 aliphatic rings. The van der Waals surface area contributed by atoms with Gasteiger partial charge in [0.25, 0.3) is 0 Å². The zero-order chi connectivity index (χ0) is 17.7. The van der Waals surface area contributed by atoms with E-state index >= 15 is 0 Å². The molecule has 0 saturated carbocycles. The number of hydrogen-bond acceptors (Lipinski definition) is 2. The van der Waals surface area contributed by atoms with Gasteiger partial charge in [0.15, 0.2) is 12.4 Å². The number of halogens is 1. The summed E-state index contributed by atoms with van der Waals surface area (Å²) in [6, 6.07) is 16.0. The molecular weight excluding hydrogens is 390 g/mol. The summed E-state index contributed by atoms with van der Waals surface area (Å²) in [6.07, 6.45) is 11.3. The lowest BCUT2D eigenvalue weighted by Crippen LogP contribution is -3.00. The van der Waals surface area contributed by atoms with E-state index in [1.165, 1.54) is 25.7 Å². The molecule has 142 valence electrons. The number of aromatic nitrogens is 1. The first kappa shape index (κ1) is 22.4. The molecule has 3 nitrogen and oxygen atoms in total. The molecule has 26 heavy (non-hydrogen) atoms. The molecule has 0 aliphatic heterocycles. The Morgan fingerprint density at radius 2 is 1.46 bits per heavy atom. The van der Waals surface area contributed by atoms with Gasteiger partial charge >= 0.3 is 5.97 Å². The number of carbonyl (C=O) groups is 1. The molecule has 0 unspecified atom stereocenters. The van der Waals surface area contributed by atoms with Crippen LogP contribution in [-0.4, -0.2) is 12.6 Å². The number of pyridine rings is 1. The van der Waals surface area contributed by atoms with E-state index in [1.807, 2.05) is 43.3 Å². The zero-order valence-electron chi connectivity index (χ0n) is 15.6. The number of esters is 1. The van der Waals surface area contributed by atoms with Gasteiger partial charge in [0.1, 0.15) is 6.54 Å². The van der Waals surface area contributed by atoms with Crippen LogP contribution in [0.5, 0.6) is 0 Å². The highest BCUT2D eigenvalue weighted by Crippen LogP contribution is 2.16. The lowest BCUT2D eigenvalue weighted by atomic mass is 10.0. The zero-order valence-corrected chi connectivity index (χ0v) is 17.2. The average molecular weight is 420 g/mol. The number of carbonyl (C=O) groups excluding carboxylic acids is 1. The predicted octanol–water partition coefficient (Wildman–Crippen LogP) is 1.67. The number of hydrogen-bond donors (Lipinski definition) is 0. The van der Waals surface area contributed by atoms with Crippen LogP contribution in [0, 0.1) is 0 Å². The van der Waals surface area contributed by atoms with E-state index in [1.54, 1.807) is 0 Å². The van der Waals surface area contributed by atoms with Gasteiger partial charge in [0.2, 0.25) is 0 Å². The third-order valence-electron chi connectivity index (χ3n) is 4.49. The standard InChI is InChI=1S/C22H30NO2.BrH/c1-20(21-14-8-6-9-15-21)22(24)25-19-13-5-3-2-4-10-16-23-17-11-7-12-18-23;/h6-9,11-12,14-15,17-18,20H,2-5,10,13,16,19H2,1H3;1H/q+1;/p-1/t20-;/m0./s1. The van der Waals surface area contributed by atoms with E-state index < -0.39 is 0 Å². The maximum absolute atomic E-state index is 12.0. The van der Waals surface area contributed by atoms with Crippen molar-refractivity contribution >= 4 is 5.97 Å². The Hall–Kier alpha value is -1.68. The number of nitrogens with zero attached hydrogens (tertiary/aromatic N) is 1. The van der Waals surface area contributed by atoms with Gasteiger partial charge in [0, 0.05) is 18.6 Å². The number of aryl methyl sites for hydroxylation is 1. The number of benzene rings is 1. The summed E-state index contributed by atoms with van der Waals surface area (Å²) in [7, 11) is 0. The molecule has 0 fully saturated rings. The van der Waals surface area contributed by atoms with Crippen molar-refractivity contribution in [3.63, 3.8) is 0 Å². The first-order valence-electron chi connectivity index (χ1n) is 9.43. The minimum Gasteiger partial charge on any atom is -1.00 e. The average Bonchev–Trinajstić information content (AvgIpc) is 2.67. The van der Waals surface area contributed by atoms with E-state index in [4.69, 9.17) is 4.74 Å². The highest BCUT2D eigenvalue weighted by Gasteiger charge is 2.15. The van der Waals surface area contributed by atoms with Crippen LogP contribution in [0.15, 0.2) is 60.9 Å². The van der Waals surface area contributed by atoms with E-state index in [2.05, 4.69) is 29.1 Å². The Bertz CT molecular complexity index is 604. The highest BCUT2D eigenvalue weighted by molar-refractivity contribution is 5.77. The van der Waals surface area contributed by atoms with Crippen LogP contribution in [0.2, 0.25) is 0 Å². The van der Waals surface area contributed by atoms with E-state index in [0.29, 0.717) is 6.61 Å². The number of rotatable bonds is 11. The minimum atomic E-state index is -0.184. The lowest BCUT2D eigenvalue weighted by Gasteiger charge is -2.11. The van der Waals surface area contributed by atoms with Crippen molar-refractivity contribution in [2.75, 3.05) is 6.61 Å². The molecule has 1 heterocycles. The fraction of sp³-hybridized carbons (Fsp3) is 0.455. The van der Waals surface area contributed by atoms with Gasteiger partial charge in [-0.15, -0.1) is 0 Å². The highest BCUT2D eigenvalue weighted by atomic mass is 79.9. The van der Waals surface area contributed by atoms with Crippen molar-refractivity contribution in [3.8, 4) is 0 Å². The van der Waals surface area contributed by atoms with Crippen LogP contribution >= 0.6 is 0 Å². The normalized spacial score (nSPS) is 11.4. The first-order chi connectivity index (χ1) is 12.3. The molecule has 1 aromatic carbocycles. The van der Waals surface area contributed by atoms with Crippen molar-refractivity contribution in [2.24, 2.45) is 0 Å². The Balaban J connectivity index is 0.00000338. The van der Waals surface area contributed by atoms with Crippen molar-refractivity contribution in [1.82, 2.24) is 0 Å². The second-order valence-corrected chi connectivity index (χ2v) is 6.53. The van der Waals surface area contributed by atoms with Crippen LogP contribution in [0.4, 0.5) is 0 Å². The van der Waals surface area contributed by atoms with Crippen molar-refractivity contribution in [1.29, 1.82) is 0 Å². The van der Waals surface area contributed by atoms with Gasteiger partial charge < -0.3 is 21.7 Å². The van der Waals surface area contributed by atoms with Crippen LogP contribution < -0.4 is 21.5 Å². The Morgan fingerprint density at radius 3 is 2.15 bits per heavy atom. The van der Waals surface area contributed by atoms with Crippen LogP contribution in [0.1, 0.15) is 56.9 Å². The molecule has 0 radical (unpaired) electrons. The maximum Gasteiger partial charge on any atom is 0.313 e. The summed E-state index contributed by atoms with van der Waals surface area (Å²) < 4.78 is 7.63. The number of unbranched alkanes of at least 4 members (excludes halogenated alkanes) is 5. The maximum atomic E-state index is 12.0. The van der Waals surface area contributed by atoms with Gasteiger partial charge in [-0.2, -0.15) is 0 Å². The van der Waals surface area contributed by atoms with E-state index in [0.717, 1.165) is 24.9 Å². The molecule has 0 bridgehead atoms. The molecular formula is C22H30BrNO2. The molecule has 2 aromatic rings. The Labute approximate surface area is 168 Å². The molecule has 0 aliphatic carbocycles. The van der Waals surface area contributed by atoms with Crippen LogP contribution in [0.25, 0.3) is 0 Å². The first-order valence-corrected chi connectivity index (χ1v) is 9.43. The van der Waals surface area contributed by atoms with E-state index in [9.17, 15) is 4.79 Å². The summed E-state index contributed by atoms with van der Waals surface area (Å²) in [6.45, 7) is 3.54. The molecule has 1 aromatic heterocycles. The summed E-state index contributed by atoms with van der Waals surface area (Å²) in [4.78, 5) is 12.0. The number of ether oxygens (including phenoxy) is 1. The summed E-state index contributed by atoms with van der Waals surface area (Å²) in [5.74, 6) is -0.303. The molecule has 0 saturated heterocycles. The molecule has 0 N–H and O–H groups in total. The van der Waals surface area contributed by atoms with Crippen molar-refractivity contribution in [3.05, 3.63) is 66.5 Å². The molecule has 2 rings (SSSR count).